The molecule has 15 heavy (non-hydrogen) atoms. The molecule has 0 spiro atoms. The molecule has 1 aliphatic carbocycles. The molecule has 0 bridgehead atoms. The van der Waals surface area contributed by atoms with E-state index in [2.05, 4.69) is 24.2 Å². The molecule has 1 saturated carbocycles. The molecule has 2 nitrogen and oxygen atoms in total. The summed E-state index contributed by atoms with van der Waals surface area (Å²) in [6.07, 6.45) is 6.76. The second-order valence-electron chi connectivity index (χ2n) is 5.19. The van der Waals surface area contributed by atoms with Crippen LogP contribution in [0, 0.1) is 5.41 Å². The minimum absolute atomic E-state index is 0.561. The Morgan fingerprint density at radius 2 is 2.33 bits per heavy atom. The summed E-state index contributed by atoms with van der Waals surface area (Å²) in [5.74, 6) is 0. The summed E-state index contributed by atoms with van der Waals surface area (Å²) in [4.78, 5) is 4.57. The van der Waals surface area contributed by atoms with E-state index in [1.54, 1.807) is 0 Å². The Bertz CT molecular complexity index is 246. The van der Waals surface area contributed by atoms with E-state index in [-0.39, 0.29) is 0 Å². The molecule has 0 radical (unpaired) electrons. The molecule has 2 rings (SSSR count). The zero-order chi connectivity index (χ0) is 10.7. The van der Waals surface area contributed by atoms with E-state index in [4.69, 9.17) is 0 Å². The third-order valence-corrected chi connectivity index (χ3v) is 4.77. The largest absolute Gasteiger partial charge is 0.364 e. The Kier molecular flexibility index (Phi) is 3.60. The first kappa shape index (κ1) is 11.3. The summed E-state index contributed by atoms with van der Waals surface area (Å²) in [7, 11) is 0. The van der Waals surface area contributed by atoms with Crippen LogP contribution in [0.25, 0.3) is 0 Å². The van der Waals surface area contributed by atoms with E-state index in [1.165, 1.54) is 37.3 Å². The average molecular weight is 226 g/mol. The monoisotopic (exact) mass is 226 g/mol. The van der Waals surface area contributed by atoms with Crippen molar-refractivity contribution in [2.45, 2.75) is 51.2 Å². The third-order valence-electron chi connectivity index (χ3n) is 3.55. The number of aliphatic imine (C=N–C) groups is 1. The highest BCUT2D eigenvalue weighted by molar-refractivity contribution is 8.14. The van der Waals surface area contributed by atoms with Gasteiger partial charge in [0.15, 0.2) is 5.17 Å². The van der Waals surface area contributed by atoms with Crippen LogP contribution >= 0.6 is 11.8 Å². The molecule has 0 amide bonds. The molecule has 0 saturated heterocycles. The van der Waals surface area contributed by atoms with E-state index in [1.807, 2.05) is 11.8 Å². The fraction of sp³-hybridized carbons (Fsp3) is 0.917. The predicted molar refractivity (Wildman–Crippen MR) is 68.5 cm³/mol. The van der Waals surface area contributed by atoms with Gasteiger partial charge in [0.1, 0.15) is 0 Å². The number of hydrogen-bond acceptors (Lipinski definition) is 3. The van der Waals surface area contributed by atoms with E-state index in [0.717, 1.165) is 18.3 Å². The van der Waals surface area contributed by atoms with Crippen molar-refractivity contribution in [1.29, 1.82) is 0 Å². The van der Waals surface area contributed by atoms with Crippen molar-refractivity contribution in [3.63, 3.8) is 0 Å². The number of thioether (sulfide) groups is 1. The van der Waals surface area contributed by atoms with Crippen molar-refractivity contribution in [3.05, 3.63) is 0 Å². The zero-order valence-electron chi connectivity index (χ0n) is 9.88. The molecule has 0 aromatic rings. The molecule has 2 aliphatic rings. The number of rotatable bonds is 4. The molecule has 0 aromatic carbocycles. The smallest absolute Gasteiger partial charge is 0.156 e. The van der Waals surface area contributed by atoms with Gasteiger partial charge >= 0.3 is 0 Å². The molecular weight excluding hydrogens is 204 g/mol. The van der Waals surface area contributed by atoms with Crippen molar-refractivity contribution < 1.29 is 0 Å². The number of amidine groups is 1. The van der Waals surface area contributed by atoms with Gasteiger partial charge in [-0.25, -0.2) is 0 Å². The normalized spacial score (nSPS) is 28.4. The summed E-state index contributed by atoms with van der Waals surface area (Å²) in [6.45, 7) is 6.78. The minimum atomic E-state index is 0.561. The van der Waals surface area contributed by atoms with Gasteiger partial charge in [0, 0.05) is 11.8 Å². The van der Waals surface area contributed by atoms with Gasteiger partial charge in [0.25, 0.3) is 0 Å². The lowest BCUT2D eigenvalue weighted by atomic mass is 9.70. The minimum Gasteiger partial charge on any atom is -0.364 e. The second-order valence-corrected chi connectivity index (χ2v) is 6.48. The van der Waals surface area contributed by atoms with Crippen LogP contribution in [-0.2, 0) is 0 Å². The highest BCUT2D eigenvalue weighted by Crippen LogP contribution is 2.39. The number of nitrogens with one attached hydrogen (secondary N) is 1. The van der Waals surface area contributed by atoms with Crippen molar-refractivity contribution in [3.8, 4) is 0 Å². The van der Waals surface area contributed by atoms with Gasteiger partial charge < -0.3 is 5.32 Å². The van der Waals surface area contributed by atoms with Crippen molar-refractivity contribution in [1.82, 2.24) is 5.32 Å². The maximum absolute atomic E-state index is 4.57. The molecule has 86 valence electrons. The lowest BCUT2D eigenvalue weighted by molar-refractivity contribution is 0.166. The summed E-state index contributed by atoms with van der Waals surface area (Å²) < 4.78 is 0. The van der Waals surface area contributed by atoms with Crippen LogP contribution < -0.4 is 5.32 Å². The van der Waals surface area contributed by atoms with Crippen molar-refractivity contribution >= 4 is 16.9 Å². The molecule has 1 fully saturated rings. The average Bonchev–Trinajstić information content (AvgIpc) is 2.60. The van der Waals surface area contributed by atoms with Gasteiger partial charge in [-0.3, -0.25) is 4.99 Å². The predicted octanol–water partition coefficient (Wildman–Crippen LogP) is 3.04. The standard InChI is InChI=1S/C12H22N2S/c1-3-5-10-8-13-11(15-10)14-9-12(2)6-4-7-12/h10H,3-9H2,1-2H3,(H,13,14). The number of nitrogens with zero attached hydrogens (tertiary/aromatic N) is 1. The second kappa shape index (κ2) is 4.77. The van der Waals surface area contributed by atoms with Crippen molar-refractivity contribution in [2.24, 2.45) is 10.4 Å². The van der Waals surface area contributed by atoms with Gasteiger partial charge in [0.2, 0.25) is 0 Å². The van der Waals surface area contributed by atoms with Gasteiger partial charge in [-0.2, -0.15) is 0 Å². The summed E-state index contributed by atoms with van der Waals surface area (Å²) in [5, 5.41) is 5.46. The lowest BCUT2D eigenvalue weighted by Crippen LogP contribution is -2.38. The molecular formula is C12H22N2S. The Balaban J connectivity index is 1.68. The van der Waals surface area contributed by atoms with E-state index >= 15 is 0 Å². The first-order valence-electron chi connectivity index (χ1n) is 6.17. The van der Waals surface area contributed by atoms with Gasteiger partial charge in [-0.05, 0) is 24.7 Å². The Morgan fingerprint density at radius 1 is 1.53 bits per heavy atom. The fourth-order valence-corrected chi connectivity index (χ4v) is 3.36. The molecule has 1 unspecified atom stereocenters. The highest BCUT2D eigenvalue weighted by atomic mass is 32.2. The maximum Gasteiger partial charge on any atom is 0.156 e. The highest BCUT2D eigenvalue weighted by Gasteiger charge is 2.32. The lowest BCUT2D eigenvalue weighted by Gasteiger charge is -2.38. The van der Waals surface area contributed by atoms with Gasteiger partial charge in [0.05, 0.1) is 6.54 Å². The summed E-state index contributed by atoms with van der Waals surface area (Å²) in [5.41, 5.74) is 0.561. The Hall–Kier alpha value is -0.180. The molecule has 0 aromatic heterocycles. The third kappa shape index (κ3) is 2.90. The molecule has 3 heteroatoms. The molecule has 1 aliphatic heterocycles. The van der Waals surface area contributed by atoms with Crippen LogP contribution in [0.3, 0.4) is 0 Å². The first-order chi connectivity index (χ1) is 7.22. The maximum atomic E-state index is 4.57. The van der Waals surface area contributed by atoms with E-state index < -0.39 is 0 Å². The van der Waals surface area contributed by atoms with E-state index in [9.17, 15) is 0 Å². The topological polar surface area (TPSA) is 24.4 Å². The summed E-state index contributed by atoms with van der Waals surface area (Å²) >= 11 is 1.95. The number of hydrogen-bond donors (Lipinski definition) is 1. The zero-order valence-corrected chi connectivity index (χ0v) is 10.7. The Labute approximate surface area is 97.3 Å². The van der Waals surface area contributed by atoms with Crippen LogP contribution in [-0.4, -0.2) is 23.5 Å². The van der Waals surface area contributed by atoms with Crippen LogP contribution in [0.4, 0.5) is 0 Å². The van der Waals surface area contributed by atoms with Gasteiger partial charge in [-0.15, -0.1) is 0 Å². The SMILES string of the molecule is CCCC1CN=C(NCC2(C)CCC2)S1. The summed E-state index contributed by atoms with van der Waals surface area (Å²) in [6, 6.07) is 0. The van der Waals surface area contributed by atoms with Crippen LogP contribution in [0.1, 0.15) is 46.0 Å². The van der Waals surface area contributed by atoms with Gasteiger partial charge in [-0.1, -0.05) is 38.5 Å². The van der Waals surface area contributed by atoms with Crippen LogP contribution in [0.2, 0.25) is 0 Å². The molecule has 1 heterocycles. The van der Waals surface area contributed by atoms with Crippen molar-refractivity contribution in [2.75, 3.05) is 13.1 Å². The molecule has 1 atom stereocenters. The first-order valence-corrected chi connectivity index (χ1v) is 7.05. The quantitative estimate of drug-likeness (QED) is 0.797. The fourth-order valence-electron chi connectivity index (χ4n) is 2.23. The molecule has 1 N–H and O–H groups in total. The van der Waals surface area contributed by atoms with Crippen LogP contribution in [0.5, 0.6) is 0 Å². The van der Waals surface area contributed by atoms with E-state index in [0.29, 0.717) is 5.41 Å². The Morgan fingerprint density at radius 3 is 2.93 bits per heavy atom. The van der Waals surface area contributed by atoms with Crippen LogP contribution in [0.15, 0.2) is 4.99 Å².